The highest BCUT2D eigenvalue weighted by Crippen LogP contribution is 2.22. The first kappa shape index (κ1) is 20.4. The zero-order valence-corrected chi connectivity index (χ0v) is 17.0. The van der Waals surface area contributed by atoms with E-state index in [-0.39, 0.29) is 0 Å². The minimum absolute atomic E-state index is 0.446. The van der Waals surface area contributed by atoms with Crippen LogP contribution in [-0.2, 0) is 6.54 Å². The number of rotatable bonds is 11. The SMILES string of the molecule is CCCCCCCCCCCCn1c(=O)c(=O)[nH]c2c3ccccc3ccc21. The highest BCUT2D eigenvalue weighted by molar-refractivity contribution is 6.03. The van der Waals surface area contributed by atoms with Crippen molar-refractivity contribution in [1.29, 1.82) is 0 Å². The fraction of sp³-hybridized carbons (Fsp3) is 0.500. The van der Waals surface area contributed by atoms with E-state index in [1.165, 1.54) is 51.4 Å². The van der Waals surface area contributed by atoms with Gasteiger partial charge in [-0.05, 0) is 17.9 Å². The topological polar surface area (TPSA) is 54.9 Å². The van der Waals surface area contributed by atoms with Gasteiger partial charge in [-0.3, -0.25) is 9.59 Å². The molecule has 0 aliphatic rings. The molecule has 1 N–H and O–H groups in total. The van der Waals surface area contributed by atoms with Crippen molar-refractivity contribution < 1.29 is 0 Å². The number of H-pyrrole nitrogens is 1. The van der Waals surface area contributed by atoms with E-state index in [4.69, 9.17) is 0 Å². The standard InChI is InChI=1S/C24H32N2O2/c1-2-3-4-5-6-7-8-9-10-13-18-26-21-17-16-19-14-11-12-15-20(19)22(21)25-23(27)24(26)28/h11-12,14-17H,2-10,13,18H2,1H3,(H,25,27). The van der Waals surface area contributed by atoms with E-state index >= 15 is 0 Å². The predicted octanol–water partition coefficient (Wildman–Crippen LogP) is 5.76. The van der Waals surface area contributed by atoms with Crippen LogP contribution in [0, 0.1) is 0 Å². The van der Waals surface area contributed by atoms with Crippen LogP contribution in [0.25, 0.3) is 21.8 Å². The first-order valence-electron chi connectivity index (χ1n) is 10.9. The van der Waals surface area contributed by atoms with Crippen molar-refractivity contribution in [2.45, 2.75) is 77.7 Å². The van der Waals surface area contributed by atoms with E-state index in [0.717, 1.165) is 34.6 Å². The maximum absolute atomic E-state index is 12.4. The van der Waals surface area contributed by atoms with Crippen LogP contribution in [0.15, 0.2) is 46.0 Å². The Balaban J connectivity index is 1.60. The minimum Gasteiger partial charge on any atom is -0.315 e. The molecule has 0 unspecified atom stereocenters. The van der Waals surface area contributed by atoms with Gasteiger partial charge in [-0.15, -0.1) is 0 Å². The summed E-state index contributed by atoms with van der Waals surface area (Å²) in [5, 5.41) is 2.05. The third-order valence-corrected chi connectivity index (χ3v) is 5.61. The lowest BCUT2D eigenvalue weighted by Crippen LogP contribution is -2.36. The van der Waals surface area contributed by atoms with E-state index in [0.29, 0.717) is 6.54 Å². The molecule has 3 rings (SSSR count). The Morgan fingerprint density at radius 3 is 2.14 bits per heavy atom. The fourth-order valence-corrected chi connectivity index (χ4v) is 3.99. The van der Waals surface area contributed by atoms with E-state index < -0.39 is 11.1 Å². The van der Waals surface area contributed by atoms with Crippen molar-refractivity contribution in [3.63, 3.8) is 0 Å². The Labute approximate surface area is 166 Å². The molecular weight excluding hydrogens is 348 g/mol. The molecule has 0 fully saturated rings. The van der Waals surface area contributed by atoms with Crippen molar-refractivity contribution in [2.24, 2.45) is 0 Å². The van der Waals surface area contributed by atoms with Crippen LogP contribution in [0.3, 0.4) is 0 Å². The number of aryl methyl sites for hydroxylation is 1. The summed E-state index contributed by atoms with van der Waals surface area (Å²) < 4.78 is 1.66. The number of benzene rings is 2. The summed E-state index contributed by atoms with van der Waals surface area (Å²) in [5.74, 6) is 0. The second-order valence-electron chi connectivity index (χ2n) is 7.77. The Bertz CT molecular complexity index is 1020. The number of nitrogens with zero attached hydrogens (tertiary/aromatic N) is 1. The number of unbranched alkanes of at least 4 members (excludes halogenated alkanes) is 9. The molecule has 0 radical (unpaired) electrons. The van der Waals surface area contributed by atoms with Gasteiger partial charge in [0.2, 0.25) is 0 Å². The van der Waals surface area contributed by atoms with Crippen LogP contribution in [0.4, 0.5) is 0 Å². The number of hydrogen-bond donors (Lipinski definition) is 1. The second-order valence-corrected chi connectivity index (χ2v) is 7.77. The number of aromatic nitrogens is 2. The number of aromatic amines is 1. The zero-order chi connectivity index (χ0) is 19.8. The monoisotopic (exact) mass is 380 g/mol. The molecule has 0 spiro atoms. The maximum atomic E-state index is 12.4. The average molecular weight is 381 g/mol. The summed E-state index contributed by atoms with van der Waals surface area (Å²) in [6, 6.07) is 11.9. The molecule has 28 heavy (non-hydrogen) atoms. The van der Waals surface area contributed by atoms with Gasteiger partial charge in [-0.25, -0.2) is 0 Å². The molecule has 1 aromatic heterocycles. The van der Waals surface area contributed by atoms with Crippen LogP contribution in [0.2, 0.25) is 0 Å². The molecule has 150 valence electrons. The molecule has 0 amide bonds. The van der Waals surface area contributed by atoms with Crippen LogP contribution in [0.5, 0.6) is 0 Å². The summed E-state index contributed by atoms with van der Waals surface area (Å²) in [4.78, 5) is 27.4. The molecule has 4 heteroatoms. The van der Waals surface area contributed by atoms with Crippen LogP contribution < -0.4 is 11.1 Å². The van der Waals surface area contributed by atoms with Gasteiger partial charge in [0.05, 0.1) is 11.0 Å². The van der Waals surface area contributed by atoms with Gasteiger partial charge in [0, 0.05) is 11.9 Å². The number of fused-ring (bicyclic) bond motifs is 3. The van der Waals surface area contributed by atoms with Crippen LogP contribution in [-0.4, -0.2) is 9.55 Å². The van der Waals surface area contributed by atoms with Gasteiger partial charge >= 0.3 is 11.1 Å². The summed E-state index contributed by atoms with van der Waals surface area (Å²) in [6.45, 7) is 2.85. The van der Waals surface area contributed by atoms with E-state index in [1.54, 1.807) is 4.57 Å². The molecule has 2 aromatic carbocycles. The molecule has 0 aliphatic carbocycles. The molecular formula is C24H32N2O2. The highest BCUT2D eigenvalue weighted by atomic mass is 16.2. The molecule has 1 heterocycles. The minimum atomic E-state index is -0.532. The lowest BCUT2D eigenvalue weighted by molar-refractivity contribution is 0.534. The maximum Gasteiger partial charge on any atom is 0.316 e. The van der Waals surface area contributed by atoms with Gasteiger partial charge in [0.15, 0.2) is 0 Å². The van der Waals surface area contributed by atoms with Gasteiger partial charge in [0.25, 0.3) is 0 Å². The third kappa shape index (κ3) is 4.92. The molecule has 4 nitrogen and oxygen atoms in total. The lowest BCUT2D eigenvalue weighted by atomic mass is 10.1. The van der Waals surface area contributed by atoms with Crippen LogP contribution >= 0.6 is 0 Å². The zero-order valence-electron chi connectivity index (χ0n) is 17.0. The van der Waals surface area contributed by atoms with Gasteiger partial charge in [-0.1, -0.05) is 95.0 Å². The highest BCUT2D eigenvalue weighted by Gasteiger charge is 2.09. The van der Waals surface area contributed by atoms with Crippen molar-refractivity contribution in [1.82, 2.24) is 9.55 Å². The average Bonchev–Trinajstić information content (AvgIpc) is 2.72. The first-order chi connectivity index (χ1) is 13.7. The summed E-state index contributed by atoms with van der Waals surface area (Å²) in [6.07, 6.45) is 12.5. The van der Waals surface area contributed by atoms with Crippen molar-refractivity contribution in [3.8, 4) is 0 Å². The number of nitrogens with one attached hydrogen (secondary N) is 1. The molecule has 3 aromatic rings. The van der Waals surface area contributed by atoms with Gasteiger partial charge in [-0.2, -0.15) is 0 Å². The van der Waals surface area contributed by atoms with E-state index in [2.05, 4.69) is 11.9 Å². The Morgan fingerprint density at radius 1 is 0.786 bits per heavy atom. The predicted molar refractivity (Wildman–Crippen MR) is 118 cm³/mol. The van der Waals surface area contributed by atoms with Crippen molar-refractivity contribution in [3.05, 3.63) is 57.1 Å². The largest absolute Gasteiger partial charge is 0.316 e. The van der Waals surface area contributed by atoms with Gasteiger partial charge < -0.3 is 9.55 Å². The van der Waals surface area contributed by atoms with Crippen molar-refractivity contribution in [2.75, 3.05) is 0 Å². The summed E-state index contributed by atoms with van der Waals surface area (Å²) in [5.41, 5.74) is 0.601. The normalized spacial score (nSPS) is 11.5. The van der Waals surface area contributed by atoms with E-state index in [1.807, 2.05) is 36.4 Å². The Kier molecular flexibility index (Phi) is 7.46. The van der Waals surface area contributed by atoms with E-state index in [9.17, 15) is 9.59 Å². The number of hydrogen-bond acceptors (Lipinski definition) is 2. The quantitative estimate of drug-likeness (QED) is 0.261. The summed E-state index contributed by atoms with van der Waals surface area (Å²) in [7, 11) is 0. The Hall–Kier alpha value is -2.36. The first-order valence-corrected chi connectivity index (χ1v) is 10.9. The molecule has 0 saturated heterocycles. The van der Waals surface area contributed by atoms with Gasteiger partial charge in [0.1, 0.15) is 0 Å². The molecule has 0 aliphatic heterocycles. The van der Waals surface area contributed by atoms with Crippen LogP contribution in [0.1, 0.15) is 71.1 Å². The third-order valence-electron chi connectivity index (χ3n) is 5.61. The molecule has 0 atom stereocenters. The summed E-state index contributed by atoms with van der Waals surface area (Å²) >= 11 is 0. The Morgan fingerprint density at radius 2 is 1.43 bits per heavy atom. The van der Waals surface area contributed by atoms with Crippen molar-refractivity contribution >= 4 is 21.8 Å². The lowest BCUT2D eigenvalue weighted by Gasteiger charge is -2.11. The molecule has 0 bridgehead atoms. The molecule has 0 saturated carbocycles. The smallest absolute Gasteiger partial charge is 0.315 e. The second kappa shape index (κ2) is 10.3. The fourth-order valence-electron chi connectivity index (χ4n) is 3.99.